The Labute approximate surface area is 260 Å². The lowest BCUT2D eigenvalue weighted by molar-refractivity contribution is -0.131. The van der Waals surface area contributed by atoms with Gasteiger partial charge in [-0.1, -0.05) is 36.4 Å². The topological polar surface area (TPSA) is 88.8 Å². The number of fused-ring (bicyclic) bond motifs is 2. The number of hydrogen-bond acceptors (Lipinski definition) is 8. The number of ether oxygens (including phenoxy) is 1. The number of nitrogens with zero attached hydrogens (tertiary/aromatic N) is 7. The summed E-state index contributed by atoms with van der Waals surface area (Å²) in [6.07, 6.45) is 2.69. The number of amides is 1. The molecule has 0 unspecified atom stereocenters. The third-order valence-electron chi connectivity index (χ3n) is 9.12. The van der Waals surface area contributed by atoms with Gasteiger partial charge in [0.2, 0.25) is 0 Å². The van der Waals surface area contributed by atoms with Crippen molar-refractivity contribution in [1.29, 1.82) is 5.26 Å². The minimum atomic E-state index is -1.04. The smallest absolute Gasteiger partial charge is 0.318 e. The first-order valence-electron chi connectivity index (χ1n) is 14.7. The van der Waals surface area contributed by atoms with Crippen LogP contribution in [0.4, 0.5) is 20.3 Å². The molecule has 3 aromatic rings. The first-order valence-corrected chi connectivity index (χ1v) is 15.1. The van der Waals surface area contributed by atoms with E-state index in [0.29, 0.717) is 50.4 Å². The SMILES string of the molecule is C=C(F)C(=O)N1CCN(c2nc(OCC3(N(C)C)CC3)nc3c2CCN(c2cccc4ccc(F)c(Cl)c24)C3)C[C@@H]1CC#N. The molecule has 1 atom stereocenters. The van der Waals surface area contributed by atoms with Gasteiger partial charge in [-0.25, -0.2) is 8.78 Å². The van der Waals surface area contributed by atoms with Crippen molar-refractivity contribution in [3.63, 3.8) is 0 Å². The predicted molar refractivity (Wildman–Crippen MR) is 165 cm³/mol. The molecule has 0 radical (unpaired) electrons. The number of nitriles is 1. The molecule has 1 amide bonds. The summed E-state index contributed by atoms with van der Waals surface area (Å²) in [5.74, 6) is -1.62. The molecular formula is C32H34ClF2N7O2. The van der Waals surface area contributed by atoms with E-state index in [0.717, 1.165) is 35.2 Å². The van der Waals surface area contributed by atoms with E-state index >= 15 is 0 Å². The highest BCUT2D eigenvalue weighted by Gasteiger charge is 2.46. The normalized spacial score (nSPS) is 19.1. The summed E-state index contributed by atoms with van der Waals surface area (Å²) in [5, 5.41) is 11.1. The second-order valence-corrected chi connectivity index (χ2v) is 12.3. The van der Waals surface area contributed by atoms with Crippen LogP contribution in [-0.2, 0) is 17.8 Å². The summed E-state index contributed by atoms with van der Waals surface area (Å²) in [6.45, 7) is 5.56. The molecule has 230 valence electrons. The molecule has 1 aliphatic carbocycles. The van der Waals surface area contributed by atoms with E-state index in [1.165, 1.54) is 11.0 Å². The molecule has 44 heavy (non-hydrogen) atoms. The zero-order valence-corrected chi connectivity index (χ0v) is 25.6. The third kappa shape index (κ3) is 5.53. The van der Waals surface area contributed by atoms with Gasteiger partial charge >= 0.3 is 6.01 Å². The number of aromatic nitrogens is 2. The van der Waals surface area contributed by atoms with E-state index in [2.05, 4.69) is 22.4 Å². The fraction of sp³-hybridized carbons (Fsp3) is 0.438. The summed E-state index contributed by atoms with van der Waals surface area (Å²) >= 11 is 6.47. The van der Waals surface area contributed by atoms with Crippen LogP contribution < -0.4 is 14.5 Å². The van der Waals surface area contributed by atoms with E-state index in [9.17, 15) is 18.8 Å². The zero-order valence-electron chi connectivity index (χ0n) is 24.8. The molecule has 9 nitrogen and oxygen atoms in total. The molecule has 1 aromatic heterocycles. The monoisotopic (exact) mass is 621 g/mol. The van der Waals surface area contributed by atoms with Crippen molar-refractivity contribution in [2.75, 3.05) is 56.7 Å². The molecule has 0 spiro atoms. The van der Waals surface area contributed by atoms with Gasteiger partial charge in [-0.15, -0.1) is 0 Å². The average Bonchev–Trinajstić information content (AvgIpc) is 3.82. The van der Waals surface area contributed by atoms with Crippen LogP contribution in [0.1, 0.15) is 30.5 Å². The standard InChI is InChI=1S/C32H34ClF2N7O2/c1-20(34)30(43)42-16-15-41(17-22(42)9-13-36)29-23-10-14-40(26-6-4-5-21-7-8-24(35)28(33)27(21)26)18-25(23)37-31(38-29)44-19-32(11-12-32)39(2)3/h4-8,22H,1,9-12,14-19H2,2-3H3/t22-/m0/s1. The molecular weight excluding hydrogens is 588 g/mol. The van der Waals surface area contributed by atoms with E-state index in [1.54, 1.807) is 6.07 Å². The minimum Gasteiger partial charge on any atom is -0.461 e. The number of piperazine rings is 1. The second-order valence-electron chi connectivity index (χ2n) is 11.9. The van der Waals surface area contributed by atoms with Crippen molar-refractivity contribution >= 4 is 39.8 Å². The van der Waals surface area contributed by atoms with Crippen molar-refractivity contribution in [2.24, 2.45) is 0 Å². The molecule has 0 bridgehead atoms. The Balaban J connectivity index is 1.36. The maximum Gasteiger partial charge on any atom is 0.318 e. The van der Waals surface area contributed by atoms with Crippen LogP contribution in [0.5, 0.6) is 6.01 Å². The molecule has 3 aliphatic rings. The van der Waals surface area contributed by atoms with Crippen molar-refractivity contribution < 1.29 is 18.3 Å². The van der Waals surface area contributed by atoms with E-state index in [4.69, 9.17) is 26.3 Å². The third-order valence-corrected chi connectivity index (χ3v) is 9.49. The maximum absolute atomic E-state index is 14.5. The number of halogens is 3. The minimum absolute atomic E-state index is 0.0453. The Bertz CT molecular complexity index is 1670. The fourth-order valence-electron chi connectivity index (χ4n) is 6.29. The number of rotatable bonds is 8. The first-order chi connectivity index (χ1) is 21.1. The molecule has 2 aromatic carbocycles. The quantitative estimate of drug-likeness (QED) is 0.329. The van der Waals surface area contributed by atoms with Crippen molar-refractivity contribution in [2.45, 2.75) is 43.8 Å². The largest absolute Gasteiger partial charge is 0.461 e. The average molecular weight is 622 g/mol. The van der Waals surface area contributed by atoms with Gasteiger partial charge in [0.15, 0.2) is 5.83 Å². The van der Waals surface area contributed by atoms with Gasteiger partial charge in [0.1, 0.15) is 18.2 Å². The lowest BCUT2D eigenvalue weighted by Crippen LogP contribution is -2.55. The summed E-state index contributed by atoms with van der Waals surface area (Å²) in [5.41, 5.74) is 2.50. The Morgan fingerprint density at radius 3 is 2.70 bits per heavy atom. The van der Waals surface area contributed by atoms with Gasteiger partial charge in [0, 0.05) is 42.8 Å². The van der Waals surface area contributed by atoms with E-state index < -0.39 is 23.6 Å². The van der Waals surface area contributed by atoms with Crippen molar-refractivity contribution in [3.8, 4) is 12.1 Å². The molecule has 0 N–H and O–H groups in total. The van der Waals surface area contributed by atoms with Gasteiger partial charge in [-0.05, 0) is 50.9 Å². The summed E-state index contributed by atoms with van der Waals surface area (Å²) in [4.78, 5) is 30.0. The Morgan fingerprint density at radius 1 is 1.20 bits per heavy atom. The first kappa shape index (κ1) is 30.0. The molecule has 12 heteroatoms. The highest BCUT2D eigenvalue weighted by atomic mass is 35.5. The second kappa shape index (κ2) is 11.8. The Kier molecular flexibility index (Phi) is 8.07. The number of likely N-dealkylation sites (N-methyl/N-ethyl adjacent to an activating group) is 1. The van der Waals surface area contributed by atoms with E-state index in [1.807, 2.05) is 37.2 Å². The number of benzene rings is 2. The van der Waals surface area contributed by atoms with Crippen molar-refractivity contribution in [1.82, 2.24) is 19.8 Å². The Morgan fingerprint density at radius 2 is 2.00 bits per heavy atom. The van der Waals surface area contributed by atoms with Crippen LogP contribution in [0.2, 0.25) is 5.02 Å². The molecule has 2 aliphatic heterocycles. The molecule has 1 saturated carbocycles. The highest BCUT2D eigenvalue weighted by Crippen LogP contribution is 2.41. The number of anilines is 2. The number of carbonyl (C=O) groups excluding carboxylic acids is 1. The van der Waals surface area contributed by atoms with Crippen LogP contribution in [0.3, 0.4) is 0 Å². The highest BCUT2D eigenvalue weighted by molar-refractivity contribution is 6.36. The van der Waals surface area contributed by atoms with Crippen LogP contribution in [0.25, 0.3) is 10.8 Å². The Hall–Kier alpha value is -4.01. The van der Waals surface area contributed by atoms with Gasteiger partial charge in [-0.2, -0.15) is 15.2 Å². The molecule has 2 fully saturated rings. The van der Waals surface area contributed by atoms with Crippen LogP contribution in [-0.4, -0.2) is 84.1 Å². The van der Waals surface area contributed by atoms with Gasteiger partial charge in [0.25, 0.3) is 5.91 Å². The lowest BCUT2D eigenvalue weighted by Gasteiger charge is -2.42. The van der Waals surface area contributed by atoms with Crippen molar-refractivity contribution in [3.05, 3.63) is 64.8 Å². The van der Waals surface area contributed by atoms with Gasteiger partial charge in [-0.3, -0.25) is 4.79 Å². The summed E-state index contributed by atoms with van der Waals surface area (Å²) in [7, 11) is 4.07. The maximum atomic E-state index is 14.5. The van der Waals surface area contributed by atoms with Crippen LogP contribution in [0.15, 0.2) is 42.7 Å². The predicted octanol–water partition coefficient (Wildman–Crippen LogP) is 4.87. The summed E-state index contributed by atoms with van der Waals surface area (Å²) < 4.78 is 34.6. The summed E-state index contributed by atoms with van der Waals surface area (Å²) in [6, 6.07) is 10.7. The molecule has 3 heterocycles. The lowest BCUT2D eigenvalue weighted by atomic mass is 10.0. The number of carbonyl (C=O) groups is 1. The zero-order chi connectivity index (χ0) is 31.2. The molecule has 6 rings (SSSR count). The van der Waals surface area contributed by atoms with E-state index in [-0.39, 0.29) is 29.5 Å². The number of hydrogen-bond donors (Lipinski definition) is 0. The van der Waals surface area contributed by atoms with Gasteiger partial charge in [0.05, 0.1) is 41.3 Å². The van der Waals surface area contributed by atoms with Gasteiger partial charge < -0.3 is 24.3 Å². The van der Waals surface area contributed by atoms with Crippen LogP contribution >= 0.6 is 11.6 Å². The van der Waals surface area contributed by atoms with Crippen LogP contribution in [0, 0.1) is 17.1 Å². The molecule has 1 saturated heterocycles. The fourth-order valence-corrected chi connectivity index (χ4v) is 6.56.